The van der Waals surface area contributed by atoms with Gasteiger partial charge in [0, 0.05) is 25.6 Å². The third kappa shape index (κ3) is 2.78. The largest absolute Gasteiger partial charge is 0.389 e. The fraction of sp³-hybridized carbons (Fsp3) is 0.900. The number of carbonyl (C=O) groups is 1. The fourth-order valence-corrected chi connectivity index (χ4v) is 1.82. The third-order valence-corrected chi connectivity index (χ3v) is 2.92. The van der Waals surface area contributed by atoms with E-state index in [1.165, 1.54) is 0 Å². The Kier molecular flexibility index (Phi) is 3.45. The number of aldehydes is 1. The van der Waals surface area contributed by atoms with Gasteiger partial charge in [-0.3, -0.25) is 0 Å². The van der Waals surface area contributed by atoms with Crippen LogP contribution in [0.3, 0.4) is 0 Å². The zero-order chi connectivity index (χ0) is 9.90. The molecular formula is C10H19NO2. The molecule has 0 unspecified atom stereocenters. The highest BCUT2D eigenvalue weighted by Crippen LogP contribution is 2.25. The van der Waals surface area contributed by atoms with E-state index in [-0.39, 0.29) is 0 Å². The molecule has 0 aliphatic carbocycles. The molecule has 1 aliphatic heterocycles. The van der Waals surface area contributed by atoms with E-state index in [0.29, 0.717) is 12.5 Å². The van der Waals surface area contributed by atoms with Crippen molar-refractivity contribution in [3.63, 3.8) is 0 Å². The van der Waals surface area contributed by atoms with E-state index in [1.54, 1.807) is 0 Å². The molecule has 0 aromatic rings. The van der Waals surface area contributed by atoms with Crippen LogP contribution in [0.25, 0.3) is 0 Å². The normalized spacial score (nSPS) is 23.4. The maximum Gasteiger partial charge on any atom is 0.122 e. The molecule has 0 bridgehead atoms. The molecular weight excluding hydrogens is 166 g/mol. The molecule has 0 saturated carbocycles. The Hall–Kier alpha value is -0.410. The van der Waals surface area contributed by atoms with Gasteiger partial charge < -0.3 is 14.8 Å². The van der Waals surface area contributed by atoms with Crippen molar-refractivity contribution in [3.05, 3.63) is 0 Å². The molecule has 0 aromatic heterocycles. The lowest BCUT2D eigenvalue weighted by Gasteiger charge is -2.39. The van der Waals surface area contributed by atoms with E-state index in [2.05, 4.69) is 18.7 Å². The molecule has 3 nitrogen and oxygen atoms in total. The van der Waals surface area contributed by atoms with E-state index >= 15 is 0 Å². The quantitative estimate of drug-likeness (QED) is 0.661. The predicted octanol–water partition coefficient (Wildman–Crippen LogP) is 0.811. The van der Waals surface area contributed by atoms with Gasteiger partial charge >= 0.3 is 0 Å². The van der Waals surface area contributed by atoms with Gasteiger partial charge in [-0.1, -0.05) is 0 Å². The van der Waals surface area contributed by atoms with Crippen LogP contribution in [-0.4, -0.2) is 41.0 Å². The van der Waals surface area contributed by atoms with Crippen molar-refractivity contribution in [1.29, 1.82) is 0 Å². The topological polar surface area (TPSA) is 40.5 Å². The number of nitrogens with zero attached hydrogens (tertiary/aromatic N) is 1. The molecule has 1 aliphatic rings. The van der Waals surface area contributed by atoms with Gasteiger partial charge in [0.2, 0.25) is 0 Å². The molecule has 76 valence electrons. The third-order valence-electron chi connectivity index (χ3n) is 2.92. The first-order chi connectivity index (χ1) is 6.07. The zero-order valence-electron chi connectivity index (χ0n) is 8.49. The first-order valence-corrected chi connectivity index (χ1v) is 4.97. The number of hydrogen-bond acceptors (Lipinski definition) is 3. The monoisotopic (exact) mass is 185 g/mol. The van der Waals surface area contributed by atoms with Gasteiger partial charge in [-0.05, 0) is 26.7 Å². The second-order valence-corrected chi connectivity index (χ2v) is 4.22. The van der Waals surface area contributed by atoms with Crippen molar-refractivity contribution in [2.75, 3.05) is 13.1 Å². The smallest absolute Gasteiger partial charge is 0.122 e. The predicted molar refractivity (Wildman–Crippen MR) is 51.6 cm³/mol. The summed E-state index contributed by atoms with van der Waals surface area (Å²) >= 11 is 0. The number of rotatable bonds is 3. The summed E-state index contributed by atoms with van der Waals surface area (Å²) < 4.78 is 0. The molecule has 1 N–H and O–H groups in total. The minimum Gasteiger partial charge on any atom is -0.389 e. The lowest BCUT2D eigenvalue weighted by Crippen LogP contribution is -2.46. The maximum atomic E-state index is 10.3. The van der Waals surface area contributed by atoms with Gasteiger partial charge in [-0.15, -0.1) is 0 Å². The highest BCUT2D eigenvalue weighted by Gasteiger charge is 2.32. The molecule has 0 amide bonds. The molecule has 1 heterocycles. The molecule has 0 radical (unpaired) electrons. The summed E-state index contributed by atoms with van der Waals surface area (Å²) in [7, 11) is 0. The first kappa shape index (κ1) is 10.7. The van der Waals surface area contributed by atoms with Gasteiger partial charge in [-0.2, -0.15) is 0 Å². The highest BCUT2D eigenvalue weighted by molar-refractivity contribution is 5.51. The minimum absolute atomic E-state index is 0.291. The number of carbonyl (C=O) groups excluding carboxylic acids is 1. The molecule has 3 heteroatoms. The Morgan fingerprint density at radius 3 is 2.38 bits per heavy atom. The van der Waals surface area contributed by atoms with Gasteiger partial charge in [0.15, 0.2) is 0 Å². The number of likely N-dealkylation sites (tertiary alicyclic amines) is 1. The second kappa shape index (κ2) is 4.20. The lowest BCUT2D eigenvalue weighted by molar-refractivity contribution is -0.114. The van der Waals surface area contributed by atoms with Crippen LogP contribution in [0.2, 0.25) is 0 Å². The van der Waals surface area contributed by atoms with E-state index in [4.69, 9.17) is 0 Å². The molecule has 1 rings (SSSR count). The van der Waals surface area contributed by atoms with Crippen molar-refractivity contribution in [2.24, 2.45) is 0 Å². The van der Waals surface area contributed by atoms with Crippen molar-refractivity contribution < 1.29 is 9.90 Å². The van der Waals surface area contributed by atoms with Crippen LogP contribution >= 0.6 is 0 Å². The standard InChI is InChI=1S/C10H19NO2/c1-9(2)11-6-3-10(13,4-7-11)5-8-12/h8-9,13H,3-7H2,1-2H3. The fourth-order valence-electron chi connectivity index (χ4n) is 1.82. The van der Waals surface area contributed by atoms with Gasteiger partial charge in [0.05, 0.1) is 5.60 Å². The molecule has 1 fully saturated rings. The molecule has 13 heavy (non-hydrogen) atoms. The number of hydrogen-bond donors (Lipinski definition) is 1. The average molecular weight is 185 g/mol. The molecule has 0 atom stereocenters. The van der Waals surface area contributed by atoms with Gasteiger partial charge in [0.25, 0.3) is 0 Å². The van der Waals surface area contributed by atoms with Gasteiger partial charge in [-0.25, -0.2) is 0 Å². The second-order valence-electron chi connectivity index (χ2n) is 4.22. The van der Waals surface area contributed by atoms with Crippen LogP contribution in [0, 0.1) is 0 Å². The Morgan fingerprint density at radius 2 is 2.00 bits per heavy atom. The van der Waals surface area contributed by atoms with Crippen LogP contribution < -0.4 is 0 Å². The van der Waals surface area contributed by atoms with E-state index in [0.717, 1.165) is 32.2 Å². The van der Waals surface area contributed by atoms with Crippen LogP contribution in [0.4, 0.5) is 0 Å². The maximum absolute atomic E-state index is 10.3. The molecule has 0 aromatic carbocycles. The highest BCUT2D eigenvalue weighted by atomic mass is 16.3. The minimum atomic E-state index is -0.715. The van der Waals surface area contributed by atoms with Crippen molar-refractivity contribution in [1.82, 2.24) is 4.90 Å². The summed E-state index contributed by atoms with van der Waals surface area (Å²) in [6.45, 7) is 6.12. The van der Waals surface area contributed by atoms with Crippen molar-refractivity contribution >= 4 is 6.29 Å². The summed E-state index contributed by atoms with van der Waals surface area (Å²) in [5.74, 6) is 0. The van der Waals surface area contributed by atoms with Crippen LogP contribution in [0.15, 0.2) is 0 Å². The van der Waals surface area contributed by atoms with E-state index in [1.807, 2.05) is 0 Å². The Morgan fingerprint density at radius 1 is 1.46 bits per heavy atom. The summed E-state index contributed by atoms with van der Waals surface area (Å²) in [6, 6.07) is 0.542. The Balaban J connectivity index is 2.41. The van der Waals surface area contributed by atoms with Crippen LogP contribution in [-0.2, 0) is 4.79 Å². The van der Waals surface area contributed by atoms with Crippen LogP contribution in [0.5, 0.6) is 0 Å². The summed E-state index contributed by atoms with van der Waals surface area (Å²) in [5.41, 5.74) is -0.715. The Labute approximate surface area is 79.7 Å². The summed E-state index contributed by atoms with van der Waals surface area (Å²) in [4.78, 5) is 12.7. The number of piperidine rings is 1. The molecule has 1 saturated heterocycles. The molecule has 0 spiro atoms. The zero-order valence-corrected chi connectivity index (χ0v) is 8.49. The first-order valence-electron chi connectivity index (χ1n) is 4.97. The number of aliphatic hydroxyl groups is 1. The van der Waals surface area contributed by atoms with Crippen molar-refractivity contribution in [2.45, 2.75) is 44.8 Å². The Bertz CT molecular complexity index is 172. The van der Waals surface area contributed by atoms with Crippen LogP contribution in [0.1, 0.15) is 33.1 Å². The van der Waals surface area contributed by atoms with Gasteiger partial charge in [0.1, 0.15) is 6.29 Å². The average Bonchev–Trinajstić information content (AvgIpc) is 2.05. The summed E-state index contributed by atoms with van der Waals surface area (Å²) in [6.07, 6.45) is 2.57. The SMILES string of the molecule is CC(C)N1CCC(O)(CC=O)CC1. The van der Waals surface area contributed by atoms with E-state index in [9.17, 15) is 9.90 Å². The van der Waals surface area contributed by atoms with Crippen molar-refractivity contribution in [3.8, 4) is 0 Å². The van der Waals surface area contributed by atoms with E-state index < -0.39 is 5.60 Å². The summed E-state index contributed by atoms with van der Waals surface area (Å²) in [5, 5.41) is 9.91. The lowest BCUT2D eigenvalue weighted by atomic mass is 9.88.